The minimum absolute atomic E-state index is 0.164. The van der Waals surface area contributed by atoms with Gasteiger partial charge in [-0.2, -0.15) is 0 Å². The number of hydrogen-bond donors (Lipinski definition) is 3. The maximum Gasteiger partial charge on any atom is 0.326 e. The summed E-state index contributed by atoms with van der Waals surface area (Å²) in [6.45, 7) is 3.95. The number of nitrogens with one attached hydrogen (secondary N) is 2. The van der Waals surface area contributed by atoms with Crippen molar-refractivity contribution in [2.75, 3.05) is 6.54 Å². The molecule has 0 fully saturated rings. The van der Waals surface area contributed by atoms with Gasteiger partial charge in [0, 0.05) is 11.0 Å². The Bertz CT molecular complexity index is 477. The van der Waals surface area contributed by atoms with Crippen LogP contribution in [0.2, 0.25) is 0 Å². The number of amides is 2. The summed E-state index contributed by atoms with van der Waals surface area (Å²) in [7, 11) is 0. The Kier molecular flexibility index (Phi) is 6.51. The molecule has 5 nitrogen and oxygen atoms in total. The lowest BCUT2D eigenvalue weighted by Crippen LogP contribution is -2.48. The molecule has 1 aromatic rings. The van der Waals surface area contributed by atoms with Crippen molar-refractivity contribution in [3.05, 3.63) is 34.3 Å². The lowest BCUT2D eigenvalue weighted by Gasteiger charge is -2.18. The highest BCUT2D eigenvalue weighted by molar-refractivity contribution is 9.10. The lowest BCUT2D eigenvalue weighted by molar-refractivity contribution is -0.140. The van der Waals surface area contributed by atoms with E-state index >= 15 is 0 Å². The van der Waals surface area contributed by atoms with Gasteiger partial charge >= 0.3 is 12.0 Å². The zero-order valence-corrected chi connectivity index (χ0v) is 13.1. The fourth-order valence-electron chi connectivity index (χ4n) is 1.72. The third kappa shape index (κ3) is 5.61. The quantitative estimate of drug-likeness (QED) is 0.742. The Morgan fingerprint density at radius 3 is 2.60 bits per heavy atom. The summed E-state index contributed by atoms with van der Waals surface area (Å²) in [6.07, 6.45) is 0.687. The van der Waals surface area contributed by atoms with Crippen LogP contribution in [0.5, 0.6) is 0 Å². The molecule has 0 aliphatic rings. The minimum Gasteiger partial charge on any atom is -0.480 e. The van der Waals surface area contributed by atoms with Crippen LogP contribution in [-0.2, 0) is 11.2 Å². The van der Waals surface area contributed by atoms with E-state index in [9.17, 15) is 9.59 Å². The third-order valence-corrected chi connectivity index (χ3v) is 3.30. The van der Waals surface area contributed by atoms with Crippen LogP contribution >= 0.6 is 15.9 Å². The van der Waals surface area contributed by atoms with Crippen LogP contribution in [-0.4, -0.2) is 29.7 Å². The number of halogens is 1. The van der Waals surface area contributed by atoms with E-state index in [2.05, 4.69) is 26.6 Å². The number of benzene rings is 1. The second-order valence-corrected chi connectivity index (χ2v) is 5.76. The number of aliphatic carboxylic acids is 1. The predicted molar refractivity (Wildman–Crippen MR) is 80.6 cm³/mol. The smallest absolute Gasteiger partial charge is 0.326 e. The normalized spacial score (nSPS) is 12.0. The maximum atomic E-state index is 11.6. The summed E-state index contributed by atoms with van der Waals surface area (Å²) in [5, 5.41) is 14.1. The predicted octanol–water partition coefficient (Wildman–Crippen LogP) is 2.40. The Morgan fingerprint density at radius 1 is 1.35 bits per heavy atom. The molecule has 6 heteroatoms. The highest BCUT2D eigenvalue weighted by Gasteiger charge is 2.22. The molecular formula is C14H19BrN2O3. The van der Waals surface area contributed by atoms with Crippen molar-refractivity contribution in [3.8, 4) is 0 Å². The molecular weight excluding hydrogens is 324 g/mol. The monoisotopic (exact) mass is 342 g/mol. The second-order valence-electron chi connectivity index (χ2n) is 4.84. The van der Waals surface area contributed by atoms with Gasteiger partial charge in [0.15, 0.2) is 0 Å². The lowest BCUT2D eigenvalue weighted by atomic mass is 10.1. The number of hydrogen-bond acceptors (Lipinski definition) is 2. The van der Waals surface area contributed by atoms with Gasteiger partial charge in [0.05, 0.1) is 0 Å². The van der Waals surface area contributed by atoms with Crippen molar-refractivity contribution < 1.29 is 14.7 Å². The second kappa shape index (κ2) is 7.89. The van der Waals surface area contributed by atoms with E-state index in [1.807, 2.05) is 24.3 Å². The molecule has 1 aromatic carbocycles. The summed E-state index contributed by atoms with van der Waals surface area (Å²) < 4.78 is 0.991. The van der Waals surface area contributed by atoms with E-state index in [1.165, 1.54) is 0 Å². The molecule has 110 valence electrons. The van der Waals surface area contributed by atoms with Crippen LogP contribution in [0.15, 0.2) is 28.7 Å². The fourth-order valence-corrected chi connectivity index (χ4v) is 2.17. The van der Waals surface area contributed by atoms with Crippen LogP contribution < -0.4 is 10.6 Å². The van der Waals surface area contributed by atoms with Crippen molar-refractivity contribution in [1.29, 1.82) is 0 Å². The average molecular weight is 343 g/mol. The summed E-state index contributed by atoms with van der Waals surface area (Å²) in [4.78, 5) is 22.6. The minimum atomic E-state index is -1.03. The summed E-state index contributed by atoms with van der Waals surface area (Å²) in [5.74, 6) is -1.19. The van der Waals surface area contributed by atoms with E-state index in [1.54, 1.807) is 13.8 Å². The van der Waals surface area contributed by atoms with Crippen LogP contribution in [0, 0.1) is 5.92 Å². The number of carbonyl (C=O) groups excluding carboxylic acids is 1. The SMILES string of the molecule is CC(C)C(NC(=O)NCCc1cccc(Br)c1)C(=O)O. The molecule has 0 heterocycles. The molecule has 0 saturated heterocycles. The van der Waals surface area contributed by atoms with Crippen LogP contribution in [0.25, 0.3) is 0 Å². The van der Waals surface area contributed by atoms with E-state index in [0.29, 0.717) is 13.0 Å². The summed E-state index contributed by atoms with van der Waals surface area (Å²) >= 11 is 3.38. The standard InChI is InChI=1S/C14H19BrN2O3/c1-9(2)12(13(18)19)17-14(20)16-7-6-10-4-3-5-11(15)8-10/h3-5,8-9,12H,6-7H2,1-2H3,(H,18,19)(H2,16,17,20). The van der Waals surface area contributed by atoms with E-state index in [0.717, 1.165) is 10.0 Å². The topological polar surface area (TPSA) is 78.4 Å². The maximum absolute atomic E-state index is 11.6. The number of carboxylic acid groups (broad SMARTS) is 1. The molecule has 1 unspecified atom stereocenters. The Morgan fingerprint density at radius 2 is 2.05 bits per heavy atom. The zero-order valence-electron chi connectivity index (χ0n) is 11.5. The first kappa shape index (κ1) is 16.5. The van der Waals surface area contributed by atoms with Crippen molar-refractivity contribution in [3.63, 3.8) is 0 Å². The highest BCUT2D eigenvalue weighted by Crippen LogP contribution is 2.11. The molecule has 0 aliphatic carbocycles. The van der Waals surface area contributed by atoms with Gasteiger partial charge in [-0.05, 0) is 30.0 Å². The van der Waals surface area contributed by atoms with Crippen LogP contribution in [0.4, 0.5) is 4.79 Å². The van der Waals surface area contributed by atoms with Gasteiger partial charge < -0.3 is 15.7 Å². The molecule has 1 atom stereocenters. The third-order valence-electron chi connectivity index (χ3n) is 2.81. The van der Waals surface area contributed by atoms with E-state index < -0.39 is 18.0 Å². The summed E-state index contributed by atoms with van der Waals surface area (Å²) in [5.41, 5.74) is 1.10. The first-order valence-electron chi connectivity index (χ1n) is 6.41. The van der Waals surface area contributed by atoms with Crippen molar-refractivity contribution in [2.45, 2.75) is 26.3 Å². The van der Waals surface area contributed by atoms with E-state index in [4.69, 9.17) is 5.11 Å². The van der Waals surface area contributed by atoms with Gasteiger partial charge in [0.2, 0.25) is 0 Å². The first-order chi connectivity index (χ1) is 9.40. The van der Waals surface area contributed by atoms with Gasteiger partial charge in [-0.1, -0.05) is 41.9 Å². The number of carbonyl (C=O) groups is 2. The molecule has 20 heavy (non-hydrogen) atoms. The van der Waals surface area contributed by atoms with E-state index in [-0.39, 0.29) is 5.92 Å². The fraction of sp³-hybridized carbons (Fsp3) is 0.429. The molecule has 2 amide bonds. The Balaban J connectivity index is 2.38. The van der Waals surface area contributed by atoms with Gasteiger partial charge in [0.1, 0.15) is 6.04 Å². The van der Waals surface area contributed by atoms with Gasteiger partial charge in [0.25, 0.3) is 0 Å². The first-order valence-corrected chi connectivity index (χ1v) is 7.21. The Hall–Kier alpha value is -1.56. The van der Waals surface area contributed by atoms with Gasteiger partial charge in [-0.25, -0.2) is 9.59 Å². The summed E-state index contributed by atoms with van der Waals surface area (Å²) in [6, 6.07) is 6.48. The molecule has 0 bridgehead atoms. The molecule has 0 aromatic heterocycles. The molecule has 0 saturated carbocycles. The van der Waals surface area contributed by atoms with Crippen molar-refractivity contribution >= 4 is 27.9 Å². The largest absolute Gasteiger partial charge is 0.480 e. The Labute approximate surface area is 126 Å². The number of urea groups is 1. The average Bonchev–Trinajstić information content (AvgIpc) is 2.35. The molecule has 1 rings (SSSR count). The van der Waals surface area contributed by atoms with Gasteiger partial charge in [-0.3, -0.25) is 0 Å². The molecule has 3 N–H and O–H groups in total. The van der Waals surface area contributed by atoms with Crippen molar-refractivity contribution in [1.82, 2.24) is 10.6 Å². The zero-order chi connectivity index (χ0) is 15.1. The number of carboxylic acids is 1. The van der Waals surface area contributed by atoms with Crippen LogP contribution in [0.3, 0.4) is 0 Å². The molecule has 0 aliphatic heterocycles. The number of rotatable bonds is 6. The van der Waals surface area contributed by atoms with Crippen molar-refractivity contribution in [2.24, 2.45) is 5.92 Å². The molecule has 0 radical (unpaired) electrons. The molecule has 0 spiro atoms. The highest BCUT2D eigenvalue weighted by atomic mass is 79.9. The van der Waals surface area contributed by atoms with Gasteiger partial charge in [-0.15, -0.1) is 0 Å². The van der Waals surface area contributed by atoms with Crippen LogP contribution in [0.1, 0.15) is 19.4 Å².